The molecule has 0 aliphatic rings. The first-order valence-corrected chi connectivity index (χ1v) is 8.29. The monoisotopic (exact) mass is 413 g/mol. The number of pyridine rings is 1. The van der Waals surface area contributed by atoms with E-state index in [-0.39, 0.29) is 0 Å². The van der Waals surface area contributed by atoms with Crippen molar-refractivity contribution >= 4 is 53.7 Å². The number of aromatic nitrogens is 3. The van der Waals surface area contributed by atoms with Gasteiger partial charge in [0, 0.05) is 16.3 Å². The molecule has 0 bridgehead atoms. The van der Waals surface area contributed by atoms with Crippen molar-refractivity contribution in [2.24, 2.45) is 0 Å². The number of nitrogens with zero attached hydrogens (tertiary/aromatic N) is 3. The van der Waals surface area contributed by atoms with Crippen molar-refractivity contribution in [2.45, 2.75) is 0 Å². The smallest absolute Gasteiger partial charge is 0.198 e. The molecule has 0 radical (unpaired) electrons. The zero-order chi connectivity index (χ0) is 15.1. The first-order chi connectivity index (χ1) is 10.7. The van der Waals surface area contributed by atoms with Gasteiger partial charge in [0.15, 0.2) is 4.73 Å². The fourth-order valence-electron chi connectivity index (χ4n) is 2.48. The molecule has 0 N–H and O–H groups in total. The summed E-state index contributed by atoms with van der Waals surface area (Å²) in [5, 5.41) is 2.01. The molecule has 2 aromatic heterocycles. The maximum Gasteiger partial charge on any atom is 0.198 e. The van der Waals surface area contributed by atoms with Gasteiger partial charge in [-0.15, -0.1) is 0 Å². The lowest BCUT2D eigenvalue weighted by Crippen LogP contribution is -1.92. The molecule has 0 fully saturated rings. The van der Waals surface area contributed by atoms with Crippen LogP contribution in [-0.2, 0) is 0 Å². The van der Waals surface area contributed by atoms with E-state index in [2.05, 4.69) is 60.0 Å². The fourth-order valence-corrected chi connectivity index (χ4v) is 3.56. The van der Waals surface area contributed by atoms with Crippen LogP contribution in [0.25, 0.3) is 33.1 Å². The lowest BCUT2D eigenvalue weighted by atomic mass is 10.1. The van der Waals surface area contributed by atoms with Gasteiger partial charge in [-0.3, -0.25) is 0 Å². The van der Waals surface area contributed by atoms with Gasteiger partial charge < -0.3 is 0 Å². The highest BCUT2D eigenvalue weighted by atomic mass is 79.9. The molecule has 0 saturated carbocycles. The van der Waals surface area contributed by atoms with Crippen LogP contribution >= 0.6 is 31.9 Å². The van der Waals surface area contributed by atoms with Gasteiger partial charge in [0.2, 0.25) is 0 Å². The predicted molar refractivity (Wildman–Crippen MR) is 95.7 cm³/mol. The summed E-state index contributed by atoms with van der Waals surface area (Å²) in [4.78, 5) is 13.6. The molecule has 4 aromatic rings. The lowest BCUT2D eigenvalue weighted by Gasteiger charge is -2.07. The van der Waals surface area contributed by atoms with Gasteiger partial charge in [-0.1, -0.05) is 42.5 Å². The van der Waals surface area contributed by atoms with E-state index < -0.39 is 0 Å². The van der Waals surface area contributed by atoms with Gasteiger partial charge in [0.1, 0.15) is 10.1 Å². The molecule has 0 atom stereocenters. The average molecular weight is 415 g/mol. The minimum absolute atomic E-state index is 0.547. The molecular weight excluding hydrogens is 406 g/mol. The predicted octanol–water partition coefficient (Wildman–Crippen LogP) is 5.37. The highest BCUT2D eigenvalue weighted by molar-refractivity contribution is 9.11. The molecule has 0 spiro atoms. The Kier molecular flexibility index (Phi) is 3.39. The van der Waals surface area contributed by atoms with Crippen molar-refractivity contribution in [1.82, 2.24) is 15.0 Å². The number of rotatable bonds is 1. The van der Waals surface area contributed by atoms with Crippen LogP contribution in [0.1, 0.15) is 0 Å². The van der Waals surface area contributed by atoms with Crippen LogP contribution in [0.5, 0.6) is 0 Å². The Balaban J connectivity index is 2.07. The van der Waals surface area contributed by atoms with Crippen LogP contribution < -0.4 is 0 Å². The molecule has 3 nitrogen and oxygen atoms in total. The van der Waals surface area contributed by atoms with E-state index in [9.17, 15) is 0 Å². The Morgan fingerprint density at radius 2 is 1.45 bits per heavy atom. The van der Waals surface area contributed by atoms with E-state index in [1.165, 1.54) is 0 Å². The number of halogens is 2. The van der Waals surface area contributed by atoms with Crippen LogP contribution in [0.15, 0.2) is 63.9 Å². The SMILES string of the molecule is Brc1nc(Br)c2ccc3ccc(-c4ccccc4)nc3c2n1. The molecule has 106 valence electrons. The van der Waals surface area contributed by atoms with Crippen molar-refractivity contribution in [2.75, 3.05) is 0 Å². The van der Waals surface area contributed by atoms with Gasteiger partial charge in [-0.2, -0.15) is 0 Å². The molecule has 2 aromatic carbocycles. The molecule has 0 unspecified atom stereocenters. The zero-order valence-electron chi connectivity index (χ0n) is 11.3. The fraction of sp³-hybridized carbons (Fsp3) is 0. The third-order valence-electron chi connectivity index (χ3n) is 3.52. The minimum atomic E-state index is 0.547. The van der Waals surface area contributed by atoms with Crippen LogP contribution in [-0.4, -0.2) is 15.0 Å². The molecule has 5 heteroatoms. The first-order valence-electron chi connectivity index (χ1n) is 6.70. The van der Waals surface area contributed by atoms with E-state index in [1.807, 2.05) is 36.4 Å². The quantitative estimate of drug-likeness (QED) is 0.239. The number of fused-ring (bicyclic) bond motifs is 3. The topological polar surface area (TPSA) is 38.7 Å². The maximum atomic E-state index is 4.82. The van der Waals surface area contributed by atoms with Gasteiger partial charge in [0.25, 0.3) is 0 Å². The second kappa shape index (κ2) is 5.41. The largest absolute Gasteiger partial charge is 0.245 e. The summed E-state index contributed by atoms with van der Waals surface area (Å²) >= 11 is 6.84. The molecule has 4 rings (SSSR count). The summed E-state index contributed by atoms with van der Waals surface area (Å²) in [6, 6.07) is 18.3. The normalized spacial score (nSPS) is 11.2. The van der Waals surface area contributed by atoms with Gasteiger partial charge in [-0.05, 0) is 44.0 Å². The lowest BCUT2D eigenvalue weighted by molar-refractivity contribution is 1.14. The van der Waals surface area contributed by atoms with Gasteiger partial charge in [0.05, 0.1) is 11.2 Å². The molecular formula is C17H9Br2N3. The van der Waals surface area contributed by atoms with E-state index in [0.29, 0.717) is 4.73 Å². The standard InChI is InChI=1S/C17H9Br2N3/c18-16-12-8-6-11-7-9-13(10-4-2-1-3-5-10)20-14(11)15(12)21-17(19)22-16/h1-9H. The van der Waals surface area contributed by atoms with Crippen molar-refractivity contribution < 1.29 is 0 Å². The van der Waals surface area contributed by atoms with Crippen molar-refractivity contribution in [1.29, 1.82) is 0 Å². The Bertz CT molecular complexity index is 1000. The maximum absolute atomic E-state index is 4.82. The Labute approximate surface area is 143 Å². The zero-order valence-corrected chi connectivity index (χ0v) is 14.5. The van der Waals surface area contributed by atoms with E-state index in [4.69, 9.17) is 4.98 Å². The van der Waals surface area contributed by atoms with E-state index in [1.54, 1.807) is 0 Å². The summed E-state index contributed by atoms with van der Waals surface area (Å²) in [6.07, 6.45) is 0. The Hall–Kier alpha value is -1.85. The molecule has 2 heterocycles. The highest BCUT2D eigenvalue weighted by Gasteiger charge is 2.10. The second-order valence-corrected chi connectivity index (χ2v) is 6.34. The summed E-state index contributed by atoms with van der Waals surface area (Å²) < 4.78 is 1.31. The second-order valence-electron chi connectivity index (χ2n) is 4.88. The number of hydrogen-bond acceptors (Lipinski definition) is 3. The molecule has 0 aliphatic carbocycles. The summed E-state index contributed by atoms with van der Waals surface area (Å²) in [5.74, 6) is 0. The number of benzene rings is 2. The van der Waals surface area contributed by atoms with Crippen LogP contribution in [0.4, 0.5) is 0 Å². The third kappa shape index (κ3) is 2.30. The Morgan fingerprint density at radius 3 is 2.27 bits per heavy atom. The molecule has 0 saturated heterocycles. The van der Waals surface area contributed by atoms with Gasteiger partial charge >= 0.3 is 0 Å². The van der Waals surface area contributed by atoms with Crippen molar-refractivity contribution in [3.05, 3.63) is 63.9 Å². The molecule has 22 heavy (non-hydrogen) atoms. The highest BCUT2D eigenvalue weighted by Crippen LogP contribution is 2.30. The average Bonchev–Trinajstić information content (AvgIpc) is 2.55. The summed E-state index contributed by atoms with van der Waals surface area (Å²) in [5.41, 5.74) is 3.74. The molecule has 0 amide bonds. The third-order valence-corrected chi connectivity index (χ3v) is 4.48. The summed E-state index contributed by atoms with van der Waals surface area (Å²) in [6.45, 7) is 0. The van der Waals surface area contributed by atoms with Gasteiger partial charge in [-0.25, -0.2) is 15.0 Å². The van der Waals surface area contributed by atoms with Crippen molar-refractivity contribution in [3.63, 3.8) is 0 Å². The van der Waals surface area contributed by atoms with Crippen LogP contribution in [0.3, 0.4) is 0 Å². The summed E-state index contributed by atoms with van der Waals surface area (Å²) in [7, 11) is 0. The Morgan fingerprint density at radius 1 is 0.682 bits per heavy atom. The minimum Gasteiger partial charge on any atom is -0.245 e. The van der Waals surface area contributed by atoms with E-state index >= 15 is 0 Å². The van der Waals surface area contributed by atoms with Crippen LogP contribution in [0, 0.1) is 0 Å². The first kappa shape index (κ1) is 13.8. The van der Waals surface area contributed by atoms with Crippen LogP contribution in [0.2, 0.25) is 0 Å². The number of hydrogen-bond donors (Lipinski definition) is 0. The molecule has 0 aliphatic heterocycles. The van der Waals surface area contributed by atoms with Crippen molar-refractivity contribution in [3.8, 4) is 11.3 Å². The van der Waals surface area contributed by atoms with E-state index in [0.717, 1.165) is 37.7 Å².